The van der Waals surface area contributed by atoms with E-state index in [1.54, 1.807) is 26.0 Å². The standard InChI is InChI=1S/C12H24N8O/c1-6-20(7-2)12-15-10(17-13)14-11(16-12)19(5)8-9(21)18(3)4/h6-8,13H2,1-5H3,(H,14,15,16,17). The van der Waals surface area contributed by atoms with E-state index in [1.807, 2.05) is 18.7 Å². The lowest BCUT2D eigenvalue weighted by Crippen LogP contribution is -2.36. The predicted octanol–water partition coefficient (Wildman–Crippen LogP) is -0.472. The topological polar surface area (TPSA) is 104 Å². The number of aromatic nitrogens is 3. The van der Waals surface area contributed by atoms with E-state index < -0.39 is 0 Å². The van der Waals surface area contributed by atoms with Crippen LogP contribution in [0.3, 0.4) is 0 Å². The first kappa shape index (κ1) is 16.9. The molecule has 9 heteroatoms. The summed E-state index contributed by atoms with van der Waals surface area (Å²) in [5.41, 5.74) is 2.43. The Hall–Kier alpha value is -2.16. The molecule has 21 heavy (non-hydrogen) atoms. The summed E-state index contributed by atoms with van der Waals surface area (Å²) in [5.74, 6) is 6.57. The van der Waals surface area contributed by atoms with Crippen LogP contribution in [0, 0.1) is 0 Å². The number of nitrogen functional groups attached to an aromatic ring is 1. The summed E-state index contributed by atoms with van der Waals surface area (Å²) in [6.45, 7) is 5.75. The zero-order valence-corrected chi connectivity index (χ0v) is 13.3. The Bertz CT molecular complexity index is 474. The van der Waals surface area contributed by atoms with Gasteiger partial charge < -0.3 is 14.7 Å². The molecule has 0 spiro atoms. The fourth-order valence-corrected chi connectivity index (χ4v) is 1.65. The minimum atomic E-state index is -0.0374. The van der Waals surface area contributed by atoms with Crippen molar-refractivity contribution < 1.29 is 4.79 Å². The van der Waals surface area contributed by atoms with Gasteiger partial charge in [0.15, 0.2) is 0 Å². The quantitative estimate of drug-likeness (QED) is 0.514. The predicted molar refractivity (Wildman–Crippen MR) is 83.2 cm³/mol. The van der Waals surface area contributed by atoms with Gasteiger partial charge >= 0.3 is 0 Å². The number of rotatable bonds is 7. The van der Waals surface area contributed by atoms with Crippen LogP contribution >= 0.6 is 0 Å². The Balaban J connectivity index is 3.05. The van der Waals surface area contributed by atoms with Crippen LogP contribution < -0.4 is 21.1 Å². The fourth-order valence-electron chi connectivity index (χ4n) is 1.65. The Morgan fingerprint density at radius 1 is 1.10 bits per heavy atom. The molecular weight excluding hydrogens is 272 g/mol. The van der Waals surface area contributed by atoms with E-state index in [2.05, 4.69) is 20.4 Å². The summed E-state index contributed by atoms with van der Waals surface area (Å²) >= 11 is 0. The summed E-state index contributed by atoms with van der Waals surface area (Å²) in [7, 11) is 5.17. The molecule has 0 saturated heterocycles. The van der Waals surface area contributed by atoms with Crippen molar-refractivity contribution in [3.05, 3.63) is 0 Å². The third kappa shape index (κ3) is 4.42. The lowest BCUT2D eigenvalue weighted by atomic mass is 10.5. The van der Waals surface area contributed by atoms with Crippen molar-refractivity contribution in [3.63, 3.8) is 0 Å². The zero-order chi connectivity index (χ0) is 16.0. The van der Waals surface area contributed by atoms with E-state index in [9.17, 15) is 4.79 Å². The third-order valence-corrected chi connectivity index (χ3v) is 3.00. The molecule has 118 valence electrons. The first-order valence-electron chi connectivity index (χ1n) is 6.81. The average molecular weight is 296 g/mol. The monoisotopic (exact) mass is 296 g/mol. The van der Waals surface area contributed by atoms with Crippen LogP contribution in [0.15, 0.2) is 0 Å². The second-order valence-electron chi connectivity index (χ2n) is 4.72. The number of carbonyl (C=O) groups is 1. The van der Waals surface area contributed by atoms with Gasteiger partial charge in [0.25, 0.3) is 0 Å². The molecule has 0 aliphatic rings. The summed E-state index contributed by atoms with van der Waals surface area (Å²) in [6.07, 6.45) is 0. The fraction of sp³-hybridized carbons (Fsp3) is 0.667. The van der Waals surface area contributed by atoms with Gasteiger partial charge in [-0.15, -0.1) is 0 Å². The molecule has 1 aromatic heterocycles. The van der Waals surface area contributed by atoms with Gasteiger partial charge in [0.2, 0.25) is 23.8 Å². The molecule has 0 aliphatic carbocycles. The van der Waals surface area contributed by atoms with Crippen LogP contribution in [0.4, 0.5) is 17.8 Å². The van der Waals surface area contributed by atoms with Crippen molar-refractivity contribution in [1.29, 1.82) is 0 Å². The number of amides is 1. The van der Waals surface area contributed by atoms with Gasteiger partial charge in [0.1, 0.15) is 0 Å². The molecule has 0 bridgehead atoms. The minimum absolute atomic E-state index is 0.0374. The molecule has 0 unspecified atom stereocenters. The molecule has 1 aromatic rings. The molecule has 0 fully saturated rings. The maximum atomic E-state index is 11.8. The van der Waals surface area contributed by atoms with E-state index in [-0.39, 0.29) is 18.4 Å². The van der Waals surface area contributed by atoms with E-state index in [1.165, 1.54) is 4.90 Å². The van der Waals surface area contributed by atoms with Crippen LogP contribution in [0.1, 0.15) is 13.8 Å². The molecule has 0 radical (unpaired) electrons. The van der Waals surface area contributed by atoms with Gasteiger partial charge in [-0.1, -0.05) is 0 Å². The molecule has 1 rings (SSSR count). The van der Waals surface area contributed by atoms with Crippen molar-refractivity contribution in [2.45, 2.75) is 13.8 Å². The maximum Gasteiger partial charge on any atom is 0.243 e. The highest BCUT2D eigenvalue weighted by Gasteiger charge is 2.16. The number of nitrogens with zero attached hydrogens (tertiary/aromatic N) is 6. The number of carbonyl (C=O) groups excluding carboxylic acids is 1. The average Bonchev–Trinajstić information content (AvgIpc) is 2.47. The number of nitrogens with two attached hydrogens (primary N) is 1. The molecular formula is C12H24N8O. The van der Waals surface area contributed by atoms with Crippen LogP contribution in [-0.4, -0.2) is 66.5 Å². The molecule has 1 heterocycles. The third-order valence-electron chi connectivity index (χ3n) is 3.00. The lowest BCUT2D eigenvalue weighted by Gasteiger charge is -2.23. The number of nitrogens with one attached hydrogen (secondary N) is 1. The van der Waals surface area contributed by atoms with E-state index in [0.717, 1.165) is 13.1 Å². The number of anilines is 3. The summed E-state index contributed by atoms with van der Waals surface area (Å²) in [4.78, 5) is 29.8. The highest BCUT2D eigenvalue weighted by molar-refractivity contribution is 5.80. The minimum Gasteiger partial charge on any atom is -0.347 e. The van der Waals surface area contributed by atoms with Crippen molar-refractivity contribution in [3.8, 4) is 0 Å². The van der Waals surface area contributed by atoms with Crippen molar-refractivity contribution >= 4 is 23.8 Å². The first-order valence-corrected chi connectivity index (χ1v) is 6.81. The van der Waals surface area contributed by atoms with Crippen molar-refractivity contribution in [1.82, 2.24) is 19.9 Å². The highest BCUT2D eigenvalue weighted by atomic mass is 16.2. The highest BCUT2D eigenvalue weighted by Crippen LogP contribution is 2.15. The van der Waals surface area contributed by atoms with Crippen LogP contribution in [0.25, 0.3) is 0 Å². The summed E-state index contributed by atoms with van der Waals surface area (Å²) in [5, 5.41) is 0. The number of hydrazine groups is 1. The summed E-state index contributed by atoms with van der Waals surface area (Å²) < 4.78 is 0. The van der Waals surface area contributed by atoms with Crippen LogP contribution in [-0.2, 0) is 4.79 Å². The Morgan fingerprint density at radius 3 is 2.14 bits per heavy atom. The van der Waals surface area contributed by atoms with Crippen LogP contribution in [0.5, 0.6) is 0 Å². The van der Waals surface area contributed by atoms with Gasteiger partial charge in [0, 0.05) is 34.2 Å². The number of hydrogen-bond donors (Lipinski definition) is 2. The van der Waals surface area contributed by atoms with Crippen molar-refractivity contribution in [2.24, 2.45) is 5.84 Å². The Kier molecular flexibility index (Phi) is 6.10. The second-order valence-corrected chi connectivity index (χ2v) is 4.72. The molecule has 0 aromatic carbocycles. The molecule has 3 N–H and O–H groups in total. The molecule has 0 atom stereocenters. The zero-order valence-electron chi connectivity index (χ0n) is 13.3. The van der Waals surface area contributed by atoms with Gasteiger partial charge in [0.05, 0.1) is 6.54 Å². The smallest absolute Gasteiger partial charge is 0.243 e. The second kappa shape index (κ2) is 7.58. The normalized spacial score (nSPS) is 10.2. The molecule has 1 amide bonds. The SMILES string of the molecule is CCN(CC)c1nc(NN)nc(N(C)CC(=O)N(C)C)n1. The largest absolute Gasteiger partial charge is 0.347 e. The van der Waals surface area contributed by atoms with Gasteiger partial charge in [-0.2, -0.15) is 15.0 Å². The number of likely N-dealkylation sites (N-methyl/N-ethyl adjacent to an activating group) is 2. The van der Waals surface area contributed by atoms with Crippen LogP contribution in [0.2, 0.25) is 0 Å². The maximum absolute atomic E-state index is 11.8. The van der Waals surface area contributed by atoms with Gasteiger partial charge in [-0.25, -0.2) is 5.84 Å². The van der Waals surface area contributed by atoms with E-state index in [4.69, 9.17) is 5.84 Å². The van der Waals surface area contributed by atoms with Gasteiger partial charge in [-0.05, 0) is 13.8 Å². The Morgan fingerprint density at radius 2 is 1.67 bits per heavy atom. The van der Waals surface area contributed by atoms with Crippen molar-refractivity contribution in [2.75, 3.05) is 56.0 Å². The Labute approximate surface area is 125 Å². The lowest BCUT2D eigenvalue weighted by molar-refractivity contribution is -0.127. The molecule has 9 nitrogen and oxygen atoms in total. The number of hydrogen-bond acceptors (Lipinski definition) is 8. The molecule has 0 saturated carbocycles. The summed E-state index contributed by atoms with van der Waals surface area (Å²) in [6, 6.07) is 0. The van der Waals surface area contributed by atoms with Gasteiger partial charge in [-0.3, -0.25) is 10.2 Å². The van der Waals surface area contributed by atoms with E-state index >= 15 is 0 Å². The van der Waals surface area contributed by atoms with E-state index in [0.29, 0.717) is 11.9 Å². The first-order chi connectivity index (χ1) is 9.92. The molecule has 0 aliphatic heterocycles.